The van der Waals surface area contributed by atoms with Crippen LogP contribution in [-0.2, 0) is 9.59 Å². The Morgan fingerprint density at radius 2 is 1.83 bits per heavy atom. The summed E-state index contributed by atoms with van der Waals surface area (Å²) in [4.78, 5) is 29.0. The molecule has 1 aliphatic heterocycles. The van der Waals surface area contributed by atoms with Crippen molar-refractivity contribution in [3.05, 3.63) is 29.3 Å². The largest absolute Gasteiger partial charge is 0.484 e. The predicted octanol–water partition coefficient (Wildman–Crippen LogP) is 2.95. The van der Waals surface area contributed by atoms with Crippen molar-refractivity contribution in [2.24, 2.45) is 5.92 Å². The zero-order valence-corrected chi connectivity index (χ0v) is 18.8. The summed E-state index contributed by atoms with van der Waals surface area (Å²) in [6.07, 6.45) is 4.52. The number of carbonyl (C=O) groups excluding carboxylic acids is 2. The highest BCUT2D eigenvalue weighted by Gasteiger charge is 2.29. The minimum atomic E-state index is -0.101. The molecule has 3 rings (SSSR count). The first-order valence-corrected chi connectivity index (χ1v) is 11.4. The summed E-state index contributed by atoms with van der Waals surface area (Å²) >= 11 is 0. The molecule has 6 nitrogen and oxygen atoms in total. The van der Waals surface area contributed by atoms with Crippen LogP contribution < -0.4 is 10.1 Å². The van der Waals surface area contributed by atoms with Crippen molar-refractivity contribution < 1.29 is 14.3 Å². The van der Waals surface area contributed by atoms with Gasteiger partial charge in [-0.05, 0) is 48.9 Å². The number of hydrogen-bond acceptors (Lipinski definition) is 4. The Hall–Kier alpha value is -2.08. The van der Waals surface area contributed by atoms with Crippen molar-refractivity contribution in [3.63, 3.8) is 0 Å². The fourth-order valence-corrected chi connectivity index (χ4v) is 4.56. The molecule has 2 aliphatic rings. The van der Waals surface area contributed by atoms with Gasteiger partial charge in [0, 0.05) is 45.2 Å². The average Bonchev–Trinajstić information content (AvgIpc) is 3.27. The molecule has 166 valence electrons. The van der Waals surface area contributed by atoms with Gasteiger partial charge >= 0.3 is 0 Å². The predicted molar refractivity (Wildman–Crippen MR) is 119 cm³/mol. The smallest absolute Gasteiger partial charge is 0.257 e. The number of benzene rings is 1. The minimum Gasteiger partial charge on any atom is -0.484 e. The number of hydrogen-bond donors (Lipinski definition) is 1. The van der Waals surface area contributed by atoms with Crippen LogP contribution in [0.2, 0.25) is 0 Å². The topological polar surface area (TPSA) is 61.9 Å². The van der Waals surface area contributed by atoms with Crippen molar-refractivity contribution in [2.75, 3.05) is 45.9 Å². The molecule has 0 spiro atoms. The van der Waals surface area contributed by atoms with Crippen LogP contribution in [0.15, 0.2) is 18.2 Å². The minimum absolute atomic E-state index is 0.0319. The number of amides is 2. The van der Waals surface area contributed by atoms with Gasteiger partial charge in [-0.25, -0.2) is 0 Å². The van der Waals surface area contributed by atoms with Crippen molar-refractivity contribution in [1.29, 1.82) is 0 Å². The fourth-order valence-electron chi connectivity index (χ4n) is 4.56. The van der Waals surface area contributed by atoms with E-state index in [-0.39, 0.29) is 18.4 Å². The van der Waals surface area contributed by atoms with Crippen molar-refractivity contribution in [2.45, 2.75) is 52.4 Å². The van der Waals surface area contributed by atoms with Crippen molar-refractivity contribution >= 4 is 11.8 Å². The van der Waals surface area contributed by atoms with Crippen molar-refractivity contribution in [3.8, 4) is 5.75 Å². The number of ether oxygens (including phenoxy) is 1. The zero-order valence-electron chi connectivity index (χ0n) is 18.8. The lowest BCUT2D eigenvalue weighted by molar-refractivity contribution is -0.137. The summed E-state index contributed by atoms with van der Waals surface area (Å²) in [5, 5.41) is 2.94. The van der Waals surface area contributed by atoms with E-state index in [1.54, 1.807) is 0 Å². The van der Waals surface area contributed by atoms with Crippen LogP contribution >= 0.6 is 0 Å². The number of nitrogens with zero attached hydrogens (tertiary/aromatic N) is 2. The molecule has 0 radical (unpaired) electrons. The fraction of sp³-hybridized carbons (Fsp3) is 0.667. The first-order valence-electron chi connectivity index (χ1n) is 11.4. The van der Waals surface area contributed by atoms with E-state index in [9.17, 15) is 9.59 Å². The maximum Gasteiger partial charge on any atom is 0.257 e. The van der Waals surface area contributed by atoms with Gasteiger partial charge in [0.05, 0.1) is 0 Å². The molecule has 0 unspecified atom stereocenters. The Kier molecular flexibility index (Phi) is 8.14. The summed E-state index contributed by atoms with van der Waals surface area (Å²) in [5.74, 6) is 1.73. The van der Waals surface area contributed by atoms with E-state index in [2.05, 4.69) is 37.1 Å². The van der Waals surface area contributed by atoms with E-state index < -0.39 is 0 Å². The highest BCUT2D eigenvalue weighted by Crippen LogP contribution is 2.27. The third kappa shape index (κ3) is 6.21. The van der Waals surface area contributed by atoms with Crippen LogP contribution in [0.3, 0.4) is 0 Å². The lowest BCUT2D eigenvalue weighted by Crippen LogP contribution is -2.51. The highest BCUT2D eigenvalue weighted by atomic mass is 16.5. The first kappa shape index (κ1) is 22.6. The van der Waals surface area contributed by atoms with Gasteiger partial charge in [0.15, 0.2) is 6.61 Å². The Labute approximate surface area is 180 Å². The molecular formula is C24H37N3O3. The molecule has 1 saturated carbocycles. The normalized spacial score (nSPS) is 18.1. The second kappa shape index (κ2) is 10.8. The standard InChI is InChI=1S/C24H37N3O3/c1-18(2)22-9-8-21(16-19(22)3)30-17-23(28)25-10-11-26-12-14-27(15-13-26)24(29)20-6-4-5-7-20/h8-9,16,18,20H,4-7,10-15,17H2,1-3H3,(H,25,28). The van der Waals surface area contributed by atoms with Gasteiger partial charge in [-0.15, -0.1) is 0 Å². The molecule has 2 amide bonds. The lowest BCUT2D eigenvalue weighted by atomic mass is 9.98. The molecule has 1 aromatic carbocycles. The van der Waals surface area contributed by atoms with Gasteiger partial charge in [0.25, 0.3) is 5.91 Å². The van der Waals surface area contributed by atoms with E-state index in [0.29, 0.717) is 18.4 Å². The van der Waals surface area contributed by atoms with E-state index >= 15 is 0 Å². The third-order valence-electron chi connectivity index (χ3n) is 6.37. The Morgan fingerprint density at radius 3 is 2.47 bits per heavy atom. The van der Waals surface area contributed by atoms with Crippen molar-refractivity contribution in [1.82, 2.24) is 15.1 Å². The molecule has 1 heterocycles. The second-order valence-electron chi connectivity index (χ2n) is 8.96. The maximum atomic E-state index is 12.5. The van der Waals surface area contributed by atoms with Gasteiger partial charge < -0.3 is 15.0 Å². The van der Waals surface area contributed by atoms with Gasteiger partial charge in [0.2, 0.25) is 5.91 Å². The lowest BCUT2D eigenvalue weighted by Gasteiger charge is -2.36. The van der Waals surface area contributed by atoms with Crippen LogP contribution in [0.25, 0.3) is 0 Å². The molecule has 0 bridgehead atoms. The summed E-state index contributed by atoms with van der Waals surface area (Å²) in [6, 6.07) is 6.00. The van der Waals surface area contributed by atoms with Gasteiger partial charge in [0.1, 0.15) is 5.75 Å². The molecule has 30 heavy (non-hydrogen) atoms. The molecule has 2 fully saturated rings. The van der Waals surface area contributed by atoms with E-state index in [4.69, 9.17) is 4.74 Å². The zero-order chi connectivity index (χ0) is 21.5. The van der Waals surface area contributed by atoms with Crippen LogP contribution in [-0.4, -0.2) is 67.5 Å². The molecule has 1 saturated heterocycles. The quantitative estimate of drug-likeness (QED) is 0.709. The Bertz CT molecular complexity index is 720. The monoisotopic (exact) mass is 415 g/mol. The number of carbonyl (C=O) groups is 2. The van der Waals surface area contributed by atoms with E-state index in [1.165, 1.54) is 24.0 Å². The van der Waals surface area contributed by atoms with Crippen LogP contribution in [0.4, 0.5) is 0 Å². The molecule has 1 aliphatic carbocycles. The number of aryl methyl sites for hydroxylation is 1. The summed E-state index contributed by atoms with van der Waals surface area (Å²) in [7, 11) is 0. The number of nitrogens with one attached hydrogen (secondary N) is 1. The molecule has 6 heteroatoms. The van der Waals surface area contributed by atoms with E-state index in [0.717, 1.165) is 51.3 Å². The Morgan fingerprint density at radius 1 is 1.13 bits per heavy atom. The van der Waals surface area contributed by atoms with Gasteiger partial charge in [-0.1, -0.05) is 32.8 Å². The number of rotatable bonds is 8. The molecule has 0 aromatic heterocycles. The summed E-state index contributed by atoms with van der Waals surface area (Å²) < 4.78 is 5.65. The Balaban J connectivity index is 1.30. The molecular weight excluding hydrogens is 378 g/mol. The van der Waals surface area contributed by atoms with Gasteiger partial charge in [-0.2, -0.15) is 0 Å². The van der Waals surface area contributed by atoms with Crippen LogP contribution in [0.5, 0.6) is 5.75 Å². The number of piperazine rings is 1. The molecule has 0 atom stereocenters. The highest BCUT2D eigenvalue weighted by molar-refractivity contribution is 5.79. The molecule has 1 N–H and O–H groups in total. The second-order valence-corrected chi connectivity index (χ2v) is 8.96. The van der Waals surface area contributed by atoms with Crippen LogP contribution in [0, 0.1) is 12.8 Å². The van der Waals surface area contributed by atoms with Crippen LogP contribution in [0.1, 0.15) is 56.6 Å². The summed E-state index contributed by atoms with van der Waals surface area (Å²) in [6.45, 7) is 11.2. The maximum absolute atomic E-state index is 12.5. The molecule has 1 aromatic rings. The van der Waals surface area contributed by atoms with Gasteiger partial charge in [-0.3, -0.25) is 14.5 Å². The van der Waals surface area contributed by atoms with E-state index in [1.807, 2.05) is 17.0 Å². The average molecular weight is 416 g/mol. The first-order chi connectivity index (χ1) is 14.4. The third-order valence-corrected chi connectivity index (χ3v) is 6.37. The summed E-state index contributed by atoms with van der Waals surface area (Å²) in [5.41, 5.74) is 2.49. The SMILES string of the molecule is Cc1cc(OCC(=O)NCCN2CCN(C(=O)C3CCCC3)CC2)ccc1C(C)C.